The summed E-state index contributed by atoms with van der Waals surface area (Å²) in [5.41, 5.74) is 20.4. The van der Waals surface area contributed by atoms with E-state index in [9.17, 15) is 0 Å². The van der Waals surface area contributed by atoms with E-state index in [4.69, 9.17) is 58.1 Å². The zero-order valence-corrected chi connectivity index (χ0v) is 72.6. The average Bonchev–Trinajstić information content (AvgIpc) is 1.57. The third-order valence-electron chi connectivity index (χ3n) is 25.5. The molecule has 0 aliphatic heterocycles. The van der Waals surface area contributed by atoms with Gasteiger partial charge in [-0.25, -0.2) is 44.9 Å². The standard InChI is InChI=1S/3C41H25N3O/c1-2-11-29(12-3-1)39-42-40(30-20-17-27(18-21-30)32-22-19-26-9-4-5-13-31(26)25-32)44-41(43-39)35-15-8-16-36-37(35)34-24-23-28-10-6-7-14-33(28)38(34)45-36;1-2-10-29(11-3-1)39-42-40(30-17-14-27(15-18-30)32-19-16-26-8-4-5-12-31(26)24-32)44-41(43-39)33-21-22-35-36-23-20-28-9-6-7-13-34(28)38(36)45-37(35)25-33;1-2-10-29(11-3-1)39-42-40(30-17-14-27(15-18-30)32-19-16-26-8-4-5-12-31(26)24-32)44-41(43-39)33-21-23-37-36(25-33)35-22-20-28-9-6-7-13-34(28)38(35)45-37/h3*1-25H. The van der Waals surface area contributed by atoms with Crippen LogP contribution in [0.4, 0.5) is 0 Å². The van der Waals surface area contributed by atoms with E-state index in [1.54, 1.807) is 0 Å². The minimum atomic E-state index is 0.602. The molecular formula is C123H75N9O3. The second-order valence-corrected chi connectivity index (χ2v) is 33.8. The van der Waals surface area contributed by atoms with Crippen molar-refractivity contribution in [1.29, 1.82) is 0 Å². The molecule has 0 amide bonds. The van der Waals surface area contributed by atoms with Gasteiger partial charge in [0.15, 0.2) is 52.4 Å². The normalized spacial score (nSPS) is 11.6. The Morgan fingerprint density at radius 2 is 0.400 bits per heavy atom. The van der Waals surface area contributed by atoms with Gasteiger partial charge >= 0.3 is 0 Å². The maximum atomic E-state index is 6.47. The second kappa shape index (κ2) is 33.6. The Bertz CT molecular complexity index is 9270. The molecule has 6 aromatic heterocycles. The Kier molecular flexibility index (Phi) is 19.6. The first kappa shape index (κ1) is 78.8. The van der Waals surface area contributed by atoms with Crippen molar-refractivity contribution in [2.45, 2.75) is 0 Å². The Labute approximate surface area is 774 Å². The zero-order valence-electron chi connectivity index (χ0n) is 72.6. The molecule has 0 aliphatic carbocycles. The van der Waals surface area contributed by atoms with Gasteiger partial charge in [0.2, 0.25) is 0 Å². The quantitative estimate of drug-likeness (QED) is 0.114. The second-order valence-electron chi connectivity index (χ2n) is 33.8. The lowest BCUT2D eigenvalue weighted by atomic mass is 10.00. The number of hydrogen-bond acceptors (Lipinski definition) is 12. The lowest BCUT2D eigenvalue weighted by Gasteiger charge is -2.10. The molecule has 0 spiro atoms. The molecular weight excluding hydrogens is 1650 g/mol. The van der Waals surface area contributed by atoms with E-state index in [0.29, 0.717) is 52.4 Å². The number of aromatic nitrogens is 9. The van der Waals surface area contributed by atoms with E-state index < -0.39 is 0 Å². The van der Waals surface area contributed by atoms with Crippen molar-refractivity contribution in [1.82, 2.24) is 44.9 Å². The SMILES string of the molecule is c1ccc(-c2nc(-c3ccc(-c4ccc5ccccc5c4)cc3)nc(-c3ccc4c(c3)oc3c5ccccc5ccc43)n2)cc1.c1ccc(-c2nc(-c3ccc(-c4ccc5ccccc5c4)cc3)nc(-c3ccc4oc5c6ccccc6ccc5c4c3)n2)cc1.c1ccc(-c2nc(-c3ccc(-c4ccc5ccccc5c4)cc3)nc(-c3cccc4oc5c6ccccc6ccc5c34)n2)cc1. The van der Waals surface area contributed by atoms with Crippen molar-refractivity contribution in [3.05, 3.63) is 455 Å². The fourth-order valence-electron chi connectivity index (χ4n) is 18.6. The van der Waals surface area contributed by atoms with Crippen LogP contribution in [0.3, 0.4) is 0 Å². The van der Waals surface area contributed by atoms with Crippen LogP contribution >= 0.6 is 0 Å². The smallest absolute Gasteiger partial charge is 0.164 e. The van der Waals surface area contributed by atoms with Gasteiger partial charge < -0.3 is 13.3 Å². The zero-order chi connectivity index (χ0) is 89.2. The summed E-state index contributed by atoms with van der Waals surface area (Å²) in [4.78, 5) is 44.8. The van der Waals surface area contributed by atoms with Crippen molar-refractivity contribution < 1.29 is 13.3 Å². The molecule has 27 rings (SSSR count). The van der Waals surface area contributed by atoms with Gasteiger partial charge in [0, 0.05) is 98.5 Å². The van der Waals surface area contributed by atoms with Crippen LogP contribution in [0.1, 0.15) is 0 Å². The topological polar surface area (TPSA) is 155 Å². The van der Waals surface area contributed by atoms with E-state index in [1.165, 1.54) is 49.0 Å². The number of fused-ring (bicyclic) bond motifs is 18. The van der Waals surface area contributed by atoms with E-state index in [-0.39, 0.29) is 0 Å². The summed E-state index contributed by atoms with van der Waals surface area (Å²) in [7, 11) is 0. The van der Waals surface area contributed by atoms with Gasteiger partial charge in [-0.1, -0.05) is 382 Å². The average molecular weight is 1730 g/mol. The first-order valence-electron chi connectivity index (χ1n) is 45.1. The van der Waals surface area contributed by atoms with Crippen molar-refractivity contribution in [3.63, 3.8) is 0 Å². The van der Waals surface area contributed by atoms with Gasteiger partial charge in [0.25, 0.3) is 0 Å². The molecule has 12 heteroatoms. The van der Waals surface area contributed by atoms with E-state index in [1.807, 2.05) is 146 Å². The largest absolute Gasteiger partial charge is 0.455 e. The highest BCUT2D eigenvalue weighted by atomic mass is 16.3. The summed E-state index contributed by atoms with van der Waals surface area (Å²) in [5.74, 6) is 5.61. The van der Waals surface area contributed by atoms with E-state index in [2.05, 4.69) is 309 Å². The number of hydrogen-bond donors (Lipinski definition) is 0. The summed E-state index contributed by atoms with van der Waals surface area (Å²) < 4.78 is 19.3. The third kappa shape index (κ3) is 15.0. The molecule has 630 valence electrons. The summed E-state index contributed by atoms with van der Waals surface area (Å²) in [5, 5.41) is 20.5. The van der Waals surface area contributed by atoms with Gasteiger partial charge in [-0.05, 0) is 155 Å². The lowest BCUT2D eigenvalue weighted by molar-refractivity contribution is 0.672. The lowest BCUT2D eigenvalue weighted by Crippen LogP contribution is -2.00. The Hall–Kier alpha value is -18.4. The van der Waals surface area contributed by atoms with Gasteiger partial charge in [0.05, 0.1) is 0 Å². The van der Waals surface area contributed by atoms with Crippen molar-refractivity contribution in [2.24, 2.45) is 0 Å². The molecule has 6 heterocycles. The van der Waals surface area contributed by atoms with Crippen LogP contribution in [0.2, 0.25) is 0 Å². The molecule has 21 aromatic carbocycles. The van der Waals surface area contributed by atoms with Crippen molar-refractivity contribution >= 4 is 130 Å². The van der Waals surface area contributed by atoms with Crippen LogP contribution in [-0.2, 0) is 0 Å². The Balaban J connectivity index is 0.000000108. The Morgan fingerprint density at radius 3 is 0.815 bits per heavy atom. The minimum absolute atomic E-state index is 0.602. The number of benzene rings is 21. The molecule has 0 aliphatic rings. The maximum Gasteiger partial charge on any atom is 0.164 e. The summed E-state index contributed by atoms with van der Waals surface area (Å²) in [6.07, 6.45) is 0. The summed E-state index contributed by atoms with van der Waals surface area (Å²) >= 11 is 0. The van der Waals surface area contributed by atoms with E-state index >= 15 is 0 Å². The van der Waals surface area contributed by atoms with Crippen molar-refractivity contribution in [2.75, 3.05) is 0 Å². The van der Waals surface area contributed by atoms with Gasteiger partial charge in [-0.3, -0.25) is 0 Å². The van der Waals surface area contributed by atoms with Crippen LogP contribution in [-0.4, -0.2) is 44.9 Å². The van der Waals surface area contributed by atoms with Gasteiger partial charge in [-0.15, -0.1) is 0 Å². The van der Waals surface area contributed by atoms with Crippen LogP contribution in [0, 0.1) is 0 Å². The molecule has 0 saturated heterocycles. The highest BCUT2D eigenvalue weighted by molar-refractivity contribution is 6.20. The highest BCUT2D eigenvalue weighted by Crippen LogP contribution is 2.44. The first-order valence-corrected chi connectivity index (χ1v) is 45.1. The molecule has 0 radical (unpaired) electrons. The predicted molar refractivity (Wildman–Crippen MR) is 552 cm³/mol. The van der Waals surface area contributed by atoms with E-state index in [0.717, 1.165) is 165 Å². The molecule has 0 atom stereocenters. The first-order chi connectivity index (χ1) is 66.8. The fourth-order valence-corrected chi connectivity index (χ4v) is 18.6. The molecule has 0 fully saturated rings. The molecule has 0 saturated carbocycles. The molecule has 0 N–H and O–H groups in total. The van der Waals surface area contributed by atoms with Crippen LogP contribution in [0.25, 0.3) is 266 Å². The summed E-state index contributed by atoms with van der Waals surface area (Å²) in [6.45, 7) is 0. The minimum Gasteiger partial charge on any atom is -0.455 e. The number of rotatable bonds is 12. The third-order valence-corrected chi connectivity index (χ3v) is 25.5. The maximum absolute atomic E-state index is 6.47. The highest BCUT2D eigenvalue weighted by Gasteiger charge is 2.23. The number of furan rings is 3. The van der Waals surface area contributed by atoms with Gasteiger partial charge in [-0.2, -0.15) is 0 Å². The van der Waals surface area contributed by atoms with Crippen LogP contribution in [0.15, 0.2) is 468 Å². The summed E-state index contributed by atoms with van der Waals surface area (Å²) in [6, 6.07) is 157. The van der Waals surface area contributed by atoms with Crippen molar-refractivity contribution in [3.8, 4) is 136 Å². The predicted octanol–water partition coefficient (Wildman–Crippen LogP) is 32.2. The Morgan fingerprint density at radius 1 is 0.126 bits per heavy atom. The molecule has 135 heavy (non-hydrogen) atoms. The molecule has 0 unspecified atom stereocenters. The van der Waals surface area contributed by atoms with Gasteiger partial charge in [0.1, 0.15) is 33.5 Å². The molecule has 27 aromatic rings. The monoisotopic (exact) mass is 1730 g/mol. The fraction of sp³-hybridized carbons (Fsp3) is 0. The van der Waals surface area contributed by atoms with Crippen LogP contribution in [0.5, 0.6) is 0 Å². The molecule has 0 bridgehead atoms. The number of nitrogens with zero attached hydrogens (tertiary/aromatic N) is 9. The van der Waals surface area contributed by atoms with Crippen LogP contribution < -0.4 is 0 Å². The molecule has 12 nitrogen and oxygen atoms in total.